The van der Waals surface area contributed by atoms with E-state index in [4.69, 9.17) is 18.9 Å². The Kier molecular flexibility index (Phi) is 5.52. The van der Waals surface area contributed by atoms with Gasteiger partial charge in [0.15, 0.2) is 12.6 Å². The summed E-state index contributed by atoms with van der Waals surface area (Å²) in [5.74, 6) is -0.905. The zero-order valence-electron chi connectivity index (χ0n) is 14.5. The van der Waals surface area contributed by atoms with Crippen LogP contribution in [0.1, 0.15) is 41.0 Å². The van der Waals surface area contributed by atoms with E-state index in [0.29, 0.717) is 26.1 Å². The van der Waals surface area contributed by atoms with E-state index in [9.17, 15) is 9.59 Å². The standard InChI is InChI=1S/C16H27NO6/c1-6-20-13(18)12(14-21-10(2)22-14)11-7-8-17(9-11)15(19)23-16(3,4)5/h10-12,14H,6-9H2,1-5H3/t10?,11-,12?,14?/m0/s1. The Morgan fingerprint density at radius 3 is 2.48 bits per heavy atom. The van der Waals surface area contributed by atoms with E-state index in [2.05, 4.69) is 0 Å². The molecule has 0 aromatic carbocycles. The highest BCUT2D eigenvalue weighted by molar-refractivity contribution is 5.74. The first kappa shape index (κ1) is 18.0. The normalized spacial score (nSPS) is 28.9. The van der Waals surface area contributed by atoms with Gasteiger partial charge < -0.3 is 23.8 Å². The summed E-state index contributed by atoms with van der Waals surface area (Å²) in [5.41, 5.74) is -0.536. The molecule has 2 fully saturated rings. The molecule has 0 radical (unpaired) electrons. The Balaban J connectivity index is 1.98. The van der Waals surface area contributed by atoms with Crippen molar-refractivity contribution in [2.24, 2.45) is 11.8 Å². The van der Waals surface area contributed by atoms with Crippen LogP contribution in [-0.2, 0) is 23.7 Å². The van der Waals surface area contributed by atoms with Crippen LogP contribution in [0.2, 0.25) is 0 Å². The number of ether oxygens (including phenoxy) is 4. The van der Waals surface area contributed by atoms with Crippen LogP contribution in [0.4, 0.5) is 4.79 Å². The molecule has 0 N–H and O–H groups in total. The zero-order chi connectivity index (χ0) is 17.2. The van der Waals surface area contributed by atoms with Gasteiger partial charge in [0.05, 0.1) is 6.61 Å². The van der Waals surface area contributed by atoms with Crippen molar-refractivity contribution in [2.75, 3.05) is 19.7 Å². The molecule has 0 spiro atoms. The van der Waals surface area contributed by atoms with Crippen LogP contribution in [0, 0.1) is 11.8 Å². The number of nitrogens with zero attached hydrogens (tertiary/aromatic N) is 1. The molecule has 7 heteroatoms. The molecule has 0 aromatic rings. The SMILES string of the molecule is CCOC(=O)C(C1OC(C)O1)[C@H]1CCN(C(=O)OC(C)(C)C)C1. The van der Waals surface area contributed by atoms with Crippen molar-refractivity contribution in [1.82, 2.24) is 4.90 Å². The summed E-state index contributed by atoms with van der Waals surface area (Å²) in [7, 11) is 0. The second-order valence-corrected chi connectivity index (χ2v) is 6.96. The summed E-state index contributed by atoms with van der Waals surface area (Å²) in [6.45, 7) is 10.3. The van der Waals surface area contributed by atoms with Gasteiger partial charge in [-0.15, -0.1) is 0 Å². The van der Waals surface area contributed by atoms with Gasteiger partial charge >= 0.3 is 12.1 Å². The first-order valence-electron chi connectivity index (χ1n) is 8.16. The van der Waals surface area contributed by atoms with Crippen LogP contribution >= 0.6 is 0 Å². The van der Waals surface area contributed by atoms with Gasteiger partial charge in [0.1, 0.15) is 11.5 Å². The Labute approximate surface area is 137 Å². The summed E-state index contributed by atoms with van der Waals surface area (Å²) in [5, 5.41) is 0. The van der Waals surface area contributed by atoms with E-state index in [1.165, 1.54) is 0 Å². The van der Waals surface area contributed by atoms with Gasteiger partial charge in [0.25, 0.3) is 0 Å². The molecule has 0 saturated carbocycles. The maximum absolute atomic E-state index is 12.3. The van der Waals surface area contributed by atoms with Crippen molar-refractivity contribution < 1.29 is 28.5 Å². The molecule has 2 rings (SSSR count). The third-order valence-corrected chi connectivity index (χ3v) is 3.89. The van der Waals surface area contributed by atoms with Gasteiger partial charge in [-0.25, -0.2) is 4.79 Å². The molecule has 0 aromatic heterocycles. The molecule has 0 aliphatic carbocycles. The number of likely N-dealkylation sites (tertiary alicyclic amines) is 1. The lowest BCUT2D eigenvalue weighted by atomic mass is 9.90. The second-order valence-electron chi connectivity index (χ2n) is 6.96. The fraction of sp³-hybridized carbons (Fsp3) is 0.875. The van der Waals surface area contributed by atoms with Crippen LogP contribution in [0.5, 0.6) is 0 Å². The van der Waals surface area contributed by atoms with Gasteiger partial charge in [0, 0.05) is 13.1 Å². The molecule has 23 heavy (non-hydrogen) atoms. The highest BCUT2D eigenvalue weighted by atomic mass is 16.9. The fourth-order valence-electron chi connectivity index (χ4n) is 2.89. The Morgan fingerprint density at radius 2 is 1.96 bits per heavy atom. The highest BCUT2D eigenvalue weighted by Gasteiger charge is 2.47. The van der Waals surface area contributed by atoms with Crippen LogP contribution < -0.4 is 0 Å². The van der Waals surface area contributed by atoms with Crippen molar-refractivity contribution in [1.29, 1.82) is 0 Å². The van der Waals surface area contributed by atoms with Crippen LogP contribution in [0.25, 0.3) is 0 Å². The minimum atomic E-state index is -0.590. The molecule has 2 heterocycles. The summed E-state index contributed by atoms with van der Waals surface area (Å²) in [4.78, 5) is 26.0. The molecule has 2 saturated heterocycles. The third kappa shape index (κ3) is 4.57. The summed E-state index contributed by atoms with van der Waals surface area (Å²) in [6, 6.07) is 0. The molecular weight excluding hydrogens is 302 g/mol. The van der Waals surface area contributed by atoms with Crippen LogP contribution in [0.3, 0.4) is 0 Å². The fourth-order valence-corrected chi connectivity index (χ4v) is 2.89. The lowest BCUT2D eigenvalue weighted by molar-refractivity contribution is -0.392. The van der Waals surface area contributed by atoms with E-state index in [-0.39, 0.29) is 24.3 Å². The van der Waals surface area contributed by atoms with Gasteiger partial charge in [0.2, 0.25) is 0 Å². The summed E-state index contributed by atoms with van der Waals surface area (Å²) >= 11 is 0. The smallest absolute Gasteiger partial charge is 0.410 e. The molecular formula is C16H27NO6. The Morgan fingerprint density at radius 1 is 1.30 bits per heavy atom. The van der Waals surface area contributed by atoms with Crippen LogP contribution in [0.15, 0.2) is 0 Å². The van der Waals surface area contributed by atoms with Gasteiger partial charge in [-0.3, -0.25) is 4.79 Å². The number of esters is 1. The molecule has 2 aliphatic rings. The van der Waals surface area contributed by atoms with Crippen molar-refractivity contribution >= 4 is 12.1 Å². The first-order valence-corrected chi connectivity index (χ1v) is 8.16. The number of carbonyl (C=O) groups excluding carboxylic acids is 2. The monoisotopic (exact) mass is 329 g/mol. The third-order valence-electron chi connectivity index (χ3n) is 3.89. The maximum atomic E-state index is 12.3. The summed E-state index contributed by atoms with van der Waals surface area (Å²) in [6.07, 6.45) is -0.556. The van der Waals surface area contributed by atoms with Gasteiger partial charge in [-0.2, -0.15) is 0 Å². The zero-order valence-corrected chi connectivity index (χ0v) is 14.5. The quantitative estimate of drug-likeness (QED) is 0.736. The Hall–Kier alpha value is -1.34. The van der Waals surface area contributed by atoms with E-state index in [1.54, 1.807) is 18.7 Å². The lowest BCUT2D eigenvalue weighted by Crippen LogP contribution is -2.50. The maximum Gasteiger partial charge on any atom is 0.410 e. The van der Waals surface area contributed by atoms with Crippen molar-refractivity contribution in [3.8, 4) is 0 Å². The molecule has 0 bridgehead atoms. The minimum Gasteiger partial charge on any atom is -0.466 e. The highest BCUT2D eigenvalue weighted by Crippen LogP contribution is 2.35. The largest absolute Gasteiger partial charge is 0.466 e. The van der Waals surface area contributed by atoms with Crippen molar-refractivity contribution in [2.45, 2.75) is 59.2 Å². The predicted octanol–water partition coefficient (Wildman–Crippen LogP) is 2.14. The lowest BCUT2D eigenvalue weighted by Gasteiger charge is -2.39. The average molecular weight is 329 g/mol. The molecule has 7 nitrogen and oxygen atoms in total. The number of hydrogen-bond acceptors (Lipinski definition) is 6. The van der Waals surface area contributed by atoms with Crippen LogP contribution in [-0.4, -0.2) is 54.8 Å². The predicted molar refractivity (Wildman–Crippen MR) is 81.5 cm³/mol. The van der Waals surface area contributed by atoms with E-state index >= 15 is 0 Å². The van der Waals surface area contributed by atoms with Crippen molar-refractivity contribution in [3.05, 3.63) is 0 Å². The number of hydrogen-bond donors (Lipinski definition) is 0. The second kappa shape index (κ2) is 7.05. The first-order chi connectivity index (χ1) is 10.7. The summed E-state index contributed by atoms with van der Waals surface area (Å²) < 4.78 is 21.5. The van der Waals surface area contributed by atoms with E-state index in [1.807, 2.05) is 20.8 Å². The van der Waals surface area contributed by atoms with Gasteiger partial charge in [-0.05, 0) is 47.0 Å². The molecule has 2 aliphatic heterocycles. The number of carbonyl (C=O) groups is 2. The minimum absolute atomic E-state index is 0.0564. The van der Waals surface area contributed by atoms with Crippen molar-refractivity contribution in [3.63, 3.8) is 0 Å². The molecule has 1 unspecified atom stereocenters. The number of amides is 1. The van der Waals surface area contributed by atoms with E-state index in [0.717, 1.165) is 0 Å². The molecule has 2 atom stereocenters. The van der Waals surface area contributed by atoms with Gasteiger partial charge in [-0.1, -0.05) is 0 Å². The topological polar surface area (TPSA) is 74.3 Å². The Bertz CT molecular complexity index is 440. The molecule has 1 amide bonds. The molecule has 132 valence electrons. The van der Waals surface area contributed by atoms with E-state index < -0.39 is 17.8 Å². The number of rotatable bonds is 4. The average Bonchev–Trinajstić information content (AvgIpc) is 2.85.